The maximum atomic E-state index is 8.95. The second-order valence-corrected chi connectivity index (χ2v) is 5.23. The second-order valence-electron chi connectivity index (χ2n) is 5.23. The third-order valence-electron chi connectivity index (χ3n) is 4.14. The summed E-state index contributed by atoms with van der Waals surface area (Å²) in [5, 5.41) is 12.8. The predicted molar refractivity (Wildman–Crippen MR) is 57.3 cm³/mol. The van der Waals surface area contributed by atoms with Crippen molar-refractivity contribution in [3.05, 3.63) is 17.5 Å². The van der Waals surface area contributed by atoms with E-state index in [0.29, 0.717) is 17.5 Å². The SMILES string of the molecule is CC1CC[C@H](c2cc(CO)no2)C1(C)C. The Bertz CT molecular complexity index is 343. The molecule has 2 atom stereocenters. The molecular weight excluding hydrogens is 190 g/mol. The molecule has 15 heavy (non-hydrogen) atoms. The second kappa shape index (κ2) is 3.63. The summed E-state index contributed by atoms with van der Waals surface area (Å²) in [4.78, 5) is 0. The first kappa shape index (κ1) is 10.7. The quantitative estimate of drug-likeness (QED) is 0.814. The summed E-state index contributed by atoms with van der Waals surface area (Å²) in [5.41, 5.74) is 0.909. The fourth-order valence-electron chi connectivity index (χ4n) is 2.58. The monoisotopic (exact) mass is 209 g/mol. The van der Waals surface area contributed by atoms with E-state index in [-0.39, 0.29) is 12.0 Å². The number of hydrogen-bond acceptors (Lipinski definition) is 3. The summed E-state index contributed by atoms with van der Waals surface area (Å²) in [6, 6.07) is 1.89. The van der Waals surface area contributed by atoms with Crippen molar-refractivity contribution in [2.24, 2.45) is 11.3 Å². The Morgan fingerprint density at radius 3 is 2.73 bits per heavy atom. The molecule has 1 unspecified atom stereocenters. The van der Waals surface area contributed by atoms with Crippen molar-refractivity contribution in [1.29, 1.82) is 0 Å². The molecule has 0 saturated heterocycles. The lowest BCUT2D eigenvalue weighted by Gasteiger charge is -2.29. The maximum Gasteiger partial charge on any atom is 0.140 e. The van der Waals surface area contributed by atoms with Crippen molar-refractivity contribution in [1.82, 2.24) is 5.16 Å². The van der Waals surface area contributed by atoms with Crippen LogP contribution in [0.3, 0.4) is 0 Å². The van der Waals surface area contributed by atoms with E-state index in [4.69, 9.17) is 9.63 Å². The van der Waals surface area contributed by atoms with E-state index in [2.05, 4.69) is 25.9 Å². The molecule has 1 heterocycles. The standard InChI is InChI=1S/C12H19NO2/c1-8-4-5-10(12(8,2)3)11-6-9(7-14)13-15-11/h6,8,10,14H,4-5,7H2,1-3H3/t8?,10-/m1/s1. The Morgan fingerprint density at radius 2 is 2.27 bits per heavy atom. The van der Waals surface area contributed by atoms with Crippen LogP contribution in [0.1, 0.15) is 51.0 Å². The normalized spacial score (nSPS) is 29.6. The maximum absolute atomic E-state index is 8.95. The molecule has 1 aliphatic carbocycles. The molecule has 0 spiro atoms. The molecule has 0 aromatic carbocycles. The van der Waals surface area contributed by atoms with E-state index < -0.39 is 0 Å². The fourth-order valence-corrected chi connectivity index (χ4v) is 2.58. The number of aliphatic hydroxyl groups is 1. The van der Waals surface area contributed by atoms with Gasteiger partial charge in [-0.05, 0) is 24.2 Å². The first-order valence-electron chi connectivity index (χ1n) is 5.62. The first-order chi connectivity index (χ1) is 7.05. The van der Waals surface area contributed by atoms with Crippen molar-refractivity contribution in [3.63, 3.8) is 0 Å². The molecule has 1 N–H and O–H groups in total. The summed E-state index contributed by atoms with van der Waals surface area (Å²) in [6.45, 7) is 6.84. The van der Waals surface area contributed by atoms with Crippen LogP contribution < -0.4 is 0 Å². The highest BCUT2D eigenvalue weighted by molar-refractivity contribution is 5.15. The van der Waals surface area contributed by atoms with E-state index in [1.807, 2.05) is 6.07 Å². The molecule has 0 bridgehead atoms. The van der Waals surface area contributed by atoms with Gasteiger partial charge in [0.2, 0.25) is 0 Å². The molecule has 3 heteroatoms. The minimum atomic E-state index is -0.0355. The molecule has 1 saturated carbocycles. The minimum absolute atomic E-state index is 0.0355. The van der Waals surface area contributed by atoms with Crippen molar-refractivity contribution in [2.45, 2.75) is 46.1 Å². The highest BCUT2D eigenvalue weighted by atomic mass is 16.5. The van der Waals surface area contributed by atoms with E-state index in [1.54, 1.807) is 0 Å². The summed E-state index contributed by atoms with van der Waals surface area (Å²) < 4.78 is 5.31. The Balaban J connectivity index is 2.24. The van der Waals surface area contributed by atoms with E-state index in [0.717, 1.165) is 12.2 Å². The van der Waals surface area contributed by atoms with Gasteiger partial charge in [0, 0.05) is 12.0 Å². The number of hydrogen-bond donors (Lipinski definition) is 1. The minimum Gasteiger partial charge on any atom is -0.390 e. The van der Waals surface area contributed by atoms with Crippen LogP contribution in [-0.4, -0.2) is 10.3 Å². The van der Waals surface area contributed by atoms with Gasteiger partial charge in [0.15, 0.2) is 0 Å². The molecule has 1 aliphatic rings. The fraction of sp³-hybridized carbons (Fsp3) is 0.750. The Morgan fingerprint density at radius 1 is 1.53 bits per heavy atom. The average molecular weight is 209 g/mol. The largest absolute Gasteiger partial charge is 0.390 e. The zero-order valence-electron chi connectivity index (χ0n) is 9.66. The van der Waals surface area contributed by atoms with Crippen molar-refractivity contribution < 1.29 is 9.63 Å². The lowest BCUT2D eigenvalue weighted by atomic mass is 9.75. The van der Waals surface area contributed by atoms with Gasteiger partial charge in [-0.15, -0.1) is 0 Å². The van der Waals surface area contributed by atoms with Gasteiger partial charge >= 0.3 is 0 Å². The van der Waals surface area contributed by atoms with Crippen LogP contribution in [0.4, 0.5) is 0 Å². The lowest BCUT2D eigenvalue weighted by molar-refractivity contribution is 0.214. The first-order valence-corrected chi connectivity index (χ1v) is 5.62. The van der Waals surface area contributed by atoms with Gasteiger partial charge in [0.1, 0.15) is 11.5 Å². The molecule has 84 valence electrons. The highest BCUT2D eigenvalue weighted by Crippen LogP contribution is 2.52. The molecule has 1 fully saturated rings. The number of nitrogens with zero attached hydrogens (tertiary/aromatic N) is 1. The van der Waals surface area contributed by atoms with Crippen LogP contribution in [0.5, 0.6) is 0 Å². The topological polar surface area (TPSA) is 46.3 Å². The zero-order valence-corrected chi connectivity index (χ0v) is 9.66. The number of rotatable bonds is 2. The lowest BCUT2D eigenvalue weighted by Crippen LogP contribution is -2.21. The third-order valence-corrected chi connectivity index (χ3v) is 4.14. The average Bonchev–Trinajstić information content (AvgIpc) is 2.74. The third kappa shape index (κ3) is 1.69. The van der Waals surface area contributed by atoms with Crippen molar-refractivity contribution in [2.75, 3.05) is 0 Å². The van der Waals surface area contributed by atoms with Crippen LogP contribution in [-0.2, 0) is 6.61 Å². The van der Waals surface area contributed by atoms with E-state index in [9.17, 15) is 0 Å². The molecule has 0 amide bonds. The Hall–Kier alpha value is -0.830. The van der Waals surface area contributed by atoms with Gasteiger partial charge in [-0.1, -0.05) is 25.9 Å². The van der Waals surface area contributed by atoms with Crippen molar-refractivity contribution >= 4 is 0 Å². The number of aromatic nitrogens is 1. The molecule has 1 aromatic rings. The van der Waals surface area contributed by atoms with Crippen LogP contribution in [0.2, 0.25) is 0 Å². The summed E-state index contributed by atoms with van der Waals surface area (Å²) in [7, 11) is 0. The van der Waals surface area contributed by atoms with Gasteiger partial charge in [-0.2, -0.15) is 0 Å². The van der Waals surface area contributed by atoms with Gasteiger partial charge in [-0.25, -0.2) is 0 Å². The van der Waals surface area contributed by atoms with E-state index >= 15 is 0 Å². The van der Waals surface area contributed by atoms with Gasteiger partial charge in [0.05, 0.1) is 6.61 Å². The van der Waals surface area contributed by atoms with Crippen LogP contribution >= 0.6 is 0 Å². The van der Waals surface area contributed by atoms with Crippen LogP contribution in [0.15, 0.2) is 10.6 Å². The Labute approximate surface area is 90.5 Å². The molecule has 1 aromatic heterocycles. The van der Waals surface area contributed by atoms with Gasteiger partial charge < -0.3 is 9.63 Å². The smallest absolute Gasteiger partial charge is 0.140 e. The molecule has 2 rings (SSSR count). The summed E-state index contributed by atoms with van der Waals surface area (Å²) >= 11 is 0. The molecule has 3 nitrogen and oxygen atoms in total. The van der Waals surface area contributed by atoms with Gasteiger partial charge in [-0.3, -0.25) is 0 Å². The summed E-state index contributed by atoms with van der Waals surface area (Å²) in [6.07, 6.45) is 2.40. The molecular formula is C12H19NO2. The zero-order chi connectivity index (χ0) is 11.1. The van der Waals surface area contributed by atoms with E-state index in [1.165, 1.54) is 6.42 Å². The van der Waals surface area contributed by atoms with Crippen molar-refractivity contribution in [3.8, 4) is 0 Å². The van der Waals surface area contributed by atoms with Gasteiger partial charge in [0.25, 0.3) is 0 Å². The summed E-state index contributed by atoms with van der Waals surface area (Å²) in [5.74, 6) is 2.10. The van der Waals surface area contributed by atoms with Crippen LogP contribution in [0.25, 0.3) is 0 Å². The Kier molecular flexibility index (Phi) is 2.59. The highest BCUT2D eigenvalue weighted by Gasteiger charge is 2.43. The molecule has 0 aliphatic heterocycles. The van der Waals surface area contributed by atoms with Crippen LogP contribution in [0, 0.1) is 11.3 Å². The number of aliphatic hydroxyl groups excluding tert-OH is 1. The predicted octanol–water partition coefficient (Wildman–Crippen LogP) is 2.71. The molecule has 0 radical (unpaired) electrons.